The van der Waals surface area contributed by atoms with E-state index >= 15 is 0 Å². The van der Waals surface area contributed by atoms with Crippen LogP contribution >= 0.6 is 7.49 Å². The third-order valence-electron chi connectivity index (χ3n) is 3.84. The molecule has 3 aromatic carbocycles. The van der Waals surface area contributed by atoms with E-state index in [1.807, 2.05) is 54.6 Å². The molecule has 0 unspecified atom stereocenters. The van der Waals surface area contributed by atoms with Gasteiger partial charge in [0, 0.05) is 16.5 Å². The normalized spacial score (nSPS) is 11.2. The Hall–Kier alpha value is -1.95. The summed E-state index contributed by atoms with van der Waals surface area (Å²) in [5, 5.41) is 3.19. The van der Waals surface area contributed by atoms with Crippen LogP contribution in [-0.4, -0.2) is 5.97 Å². The van der Waals surface area contributed by atoms with Gasteiger partial charge in [0.25, 0.3) is 0 Å². The number of benzene rings is 3. The zero-order chi connectivity index (χ0) is 16.1. The van der Waals surface area contributed by atoms with Crippen LogP contribution in [0.15, 0.2) is 91.0 Å². The predicted molar refractivity (Wildman–Crippen MR) is 98.3 cm³/mol. The molecule has 24 heavy (non-hydrogen) atoms. The van der Waals surface area contributed by atoms with E-state index < -0.39 is 7.49 Å². The van der Waals surface area contributed by atoms with Crippen LogP contribution in [0.5, 0.6) is 0 Å². The van der Waals surface area contributed by atoms with Crippen molar-refractivity contribution in [2.75, 3.05) is 0 Å². The summed E-state index contributed by atoms with van der Waals surface area (Å²) in [5.41, 5.74) is 0. The first-order valence-corrected chi connectivity index (χ1v) is 9.50. The maximum Gasteiger partial charge on any atom is 0 e. The topological polar surface area (TPSA) is 26.3 Å². The summed E-state index contributed by atoms with van der Waals surface area (Å²) in [7, 11) is -2.84. The van der Waals surface area contributed by atoms with Gasteiger partial charge in [-0.1, -0.05) is 0 Å². The number of hydrogen-bond acceptors (Lipinski definition) is 2. The van der Waals surface area contributed by atoms with Gasteiger partial charge in [0.2, 0.25) is 0 Å². The molecule has 0 saturated heterocycles. The molecule has 0 aliphatic carbocycles. The molecule has 0 heterocycles. The maximum absolute atomic E-state index is 12.0. The summed E-state index contributed by atoms with van der Waals surface area (Å²) in [6, 6.07) is 30.2. The van der Waals surface area contributed by atoms with Crippen LogP contribution < -0.4 is 15.9 Å². The monoisotopic (exact) mass is 380 g/mol. The average Bonchev–Trinajstić information content (AvgIpc) is 2.62. The van der Waals surface area contributed by atoms with Crippen molar-refractivity contribution in [3.05, 3.63) is 91.0 Å². The quantitative estimate of drug-likeness (QED) is 0.513. The second kappa shape index (κ2) is 8.24. The third kappa shape index (κ3) is 3.59. The van der Waals surface area contributed by atoms with Gasteiger partial charge in [0.1, 0.15) is 0 Å². The van der Waals surface area contributed by atoms with Crippen LogP contribution in [0.3, 0.4) is 0 Å². The molecule has 2 nitrogen and oxygen atoms in total. The number of carbonyl (C=O) groups excluding carboxylic acids is 1. The Kier molecular flexibility index (Phi) is 6.32. The molecule has 0 saturated carbocycles. The van der Waals surface area contributed by atoms with E-state index in [1.165, 1.54) is 6.92 Å². The number of hydrogen-bond donors (Lipinski definition) is 0. The number of rotatable bonds is 4. The van der Waals surface area contributed by atoms with Crippen LogP contribution in [0.2, 0.25) is 0 Å². The van der Waals surface area contributed by atoms with Gasteiger partial charge in [-0.05, 0) is 0 Å². The Labute approximate surface area is 153 Å². The molecule has 0 bridgehead atoms. The van der Waals surface area contributed by atoms with Crippen LogP contribution in [0.4, 0.5) is 0 Å². The molecule has 126 valence electrons. The second-order valence-corrected chi connectivity index (χ2v) is 8.67. The van der Waals surface area contributed by atoms with Gasteiger partial charge in [-0.3, -0.25) is 0 Å². The minimum Gasteiger partial charge on any atom is 0 e. The molecule has 0 aliphatic rings. The molecule has 0 fully saturated rings. The molecule has 0 aliphatic heterocycles. The largest absolute Gasteiger partial charge is 0 e. The van der Waals surface area contributed by atoms with Gasteiger partial charge in [-0.2, -0.15) is 0 Å². The Morgan fingerprint density at radius 2 is 0.958 bits per heavy atom. The van der Waals surface area contributed by atoms with Gasteiger partial charge in [-0.25, -0.2) is 0 Å². The van der Waals surface area contributed by atoms with Gasteiger partial charge in [0.15, 0.2) is 0 Å². The predicted octanol–water partition coefficient (Wildman–Crippen LogP) is 3.19. The molecule has 4 heteroatoms. The Bertz CT molecular complexity index is 680. The molecule has 0 atom stereocenters. The van der Waals surface area contributed by atoms with E-state index in [2.05, 4.69) is 36.4 Å². The summed E-state index contributed by atoms with van der Waals surface area (Å²) in [5.74, 6) is -0.256. The molecule has 0 N–H and O–H groups in total. The van der Waals surface area contributed by atoms with Crippen molar-refractivity contribution < 1.29 is 25.8 Å². The van der Waals surface area contributed by atoms with Crippen molar-refractivity contribution in [2.24, 2.45) is 0 Å². The zero-order valence-corrected chi connectivity index (χ0v) is 15.3. The summed E-state index contributed by atoms with van der Waals surface area (Å²) in [4.78, 5) is 12.0. The fourth-order valence-corrected chi connectivity index (χ4v) is 6.68. The van der Waals surface area contributed by atoms with Crippen molar-refractivity contribution in [2.45, 2.75) is 6.92 Å². The molecule has 0 radical (unpaired) electrons. The van der Waals surface area contributed by atoms with Crippen molar-refractivity contribution in [1.29, 1.82) is 0 Å². The standard InChI is InChI=1S/C20H19O2P.Ni/c1-17(21)22-23(18-11-5-2-6-12-18,19-13-7-3-8-14-19)20-15-9-4-10-16-20;/h2-16,23H,1H3;. The Morgan fingerprint density at radius 1 is 0.667 bits per heavy atom. The van der Waals surface area contributed by atoms with Crippen molar-refractivity contribution in [1.82, 2.24) is 0 Å². The molecular formula is C20H19NiO2P. The maximum atomic E-state index is 12.0. The minimum atomic E-state index is -2.84. The van der Waals surface area contributed by atoms with Crippen LogP contribution in [0, 0.1) is 0 Å². The molecule has 3 aromatic rings. The first-order valence-electron chi connectivity index (χ1n) is 7.59. The van der Waals surface area contributed by atoms with Crippen molar-refractivity contribution in [3.8, 4) is 0 Å². The Morgan fingerprint density at radius 3 is 1.21 bits per heavy atom. The Balaban J connectivity index is 0.00000208. The first kappa shape index (κ1) is 18.4. The first-order chi connectivity index (χ1) is 11.2. The summed E-state index contributed by atoms with van der Waals surface area (Å²) < 4.78 is 6.10. The summed E-state index contributed by atoms with van der Waals surface area (Å²) >= 11 is 0. The fourth-order valence-electron chi connectivity index (χ4n) is 2.91. The molecular weight excluding hydrogens is 362 g/mol. The minimum absolute atomic E-state index is 0. The van der Waals surface area contributed by atoms with E-state index in [0.717, 1.165) is 15.9 Å². The van der Waals surface area contributed by atoms with Crippen molar-refractivity contribution >= 4 is 29.4 Å². The zero-order valence-electron chi connectivity index (χ0n) is 13.3. The average molecular weight is 381 g/mol. The molecule has 3 rings (SSSR count). The molecule has 0 aromatic heterocycles. The number of carbonyl (C=O) groups is 1. The van der Waals surface area contributed by atoms with Gasteiger partial charge >= 0.3 is 137 Å². The third-order valence-corrected chi connectivity index (χ3v) is 7.87. The summed E-state index contributed by atoms with van der Waals surface area (Å²) in [6.45, 7) is 1.48. The summed E-state index contributed by atoms with van der Waals surface area (Å²) in [6.07, 6.45) is 0. The second-order valence-electron chi connectivity index (χ2n) is 5.37. The van der Waals surface area contributed by atoms with Crippen LogP contribution in [0.25, 0.3) is 0 Å². The fraction of sp³-hybridized carbons (Fsp3) is 0.0500. The van der Waals surface area contributed by atoms with E-state index in [0.29, 0.717) is 0 Å². The molecule has 0 amide bonds. The van der Waals surface area contributed by atoms with Crippen LogP contribution in [-0.2, 0) is 25.8 Å². The van der Waals surface area contributed by atoms with E-state index in [4.69, 9.17) is 4.52 Å². The smallest absolute Gasteiger partial charge is 0 e. The van der Waals surface area contributed by atoms with Crippen molar-refractivity contribution in [3.63, 3.8) is 0 Å². The van der Waals surface area contributed by atoms with Gasteiger partial charge in [-0.15, -0.1) is 0 Å². The van der Waals surface area contributed by atoms with E-state index in [9.17, 15) is 4.79 Å². The van der Waals surface area contributed by atoms with E-state index in [1.54, 1.807) is 0 Å². The van der Waals surface area contributed by atoms with Crippen LogP contribution in [0.1, 0.15) is 6.92 Å². The van der Waals surface area contributed by atoms with E-state index in [-0.39, 0.29) is 22.5 Å². The molecule has 0 spiro atoms. The SMILES string of the molecule is CC(=O)O[PH](c1ccccc1)(c1ccccc1)c1ccccc1.[Ni]. The van der Waals surface area contributed by atoms with Gasteiger partial charge in [0.05, 0.1) is 0 Å². The van der Waals surface area contributed by atoms with Gasteiger partial charge < -0.3 is 0 Å².